The molecule has 13 heteroatoms. The van der Waals surface area contributed by atoms with Gasteiger partial charge >= 0.3 is 18.5 Å². The number of methoxy groups -OCH3 is 1. The van der Waals surface area contributed by atoms with Gasteiger partial charge in [-0.2, -0.15) is 13.2 Å². The predicted octanol–water partition coefficient (Wildman–Crippen LogP) is 2.10. The predicted molar refractivity (Wildman–Crippen MR) is 83.2 cm³/mol. The van der Waals surface area contributed by atoms with Gasteiger partial charge in [-0.3, -0.25) is 9.64 Å². The molecular weight excluding hydrogens is 402 g/mol. The zero-order valence-electron chi connectivity index (χ0n) is 15.2. The van der Waals surface area contributed by atoms with E-state index in [4.69, 9.17) is 25.1 Å². The lowest BCUT2D eigenvalue weighted by Gasteiger charge is -2.42. The first-order valence-electron chi connectivity index (χ1n) is 8.50. The Morgan fingerprint density at radius 2 is 1.82 bits per heavy atom. The maximum absolute atomic E-state index is 12.4. The smallest absolute Gasteiger partial charge is 0.475 e. The fraction of sp³-hybridized carbons (Fsp3) is 0.933. The van der Waals surface area contributed by atoms with Gasteiger partial charge in [0.1, 0.15) is 0 Å². The second-order valence-corrected chi connectivity index (χ2v) is 6.49. The van der Waals surface area contributed by atoms with Crippen LogP contribution in [0.5, 0.6) is 0 Å². The van der Waals surface area contributed by atoms with Crippen LogP contribution in [-0.4, -0.2) is 79.8 Å². The number of nitrogens with zero attached hydrogens (tertiary/aromatic N) is 1. The third-order valence-corrected chi connectivity index (χ3v) is 4.43. The van der Waals surface area contributed by atoms with Crippen LogP contribution in [0.3, 0.4) is 0 Å². The molecule has 0 radical (unpaired) electrons. The Bertz CT molecular complexity index is 498. The van der Waals surface area contributed by atoms with Crippen LogP contribution in [0.2, 0.25) is 0 Å². The normalized spacial score (nSPS) is 25.4. The Hall–Kier alpha value is -1.15. The highest BCUT2D eigenvalue weighted by Gasteiger charge is 2.48. The SMILES string of the molecule is CO[C@@H]1CN(CCOC2(OC(F)(F)F)CCC2)CC[C@H]1N.O=C(O)C(F)(F)F. The molecule has 0 unspecified atom stereocenters. The second kappa shape index (κ2) is 10.1. The molecule has 1 aliphatic carbocycles. The zero-order valence-corrected chi connectivity index (χ0v) is 15.2. The lowest BCUT2D eigenvalue weighted by atomic mass is 9.91. The summed E-state index contributed by atoms with van der Waals surface area (Å²) in [6.07, 6.45) is -7.69. The van der Waals surface area contributed by atoms with Crippen molar-refractivity contribution in [2.75, 3.05) is 33.4 Å². The number of ether oxygens (including phenoxy) is 3. The van der Waals surface area contributed by atoms with Crippen molar-refractivity contribution in [3.05, 3.63) is 0 Å². The lowest BCUT2D eigenvalue weighted by molar-refractivity contribution is -0.434. The molecule has 0 bridgehead atoms. The van der Waals surface area contributed by atoms with Gasteiger partial charge in [-0.25, -0.2) is 4.79 Å². The van der Waals surface area contributed by atoms with E-state index in [2.05, 4.69) is 9.64 Å². The number of carboxylic acid groups (broad SMARTS) is 1. The van der Waals surface area contributed by atoms with Gasteiger partial charge < -0.3 is 20.3 Å². The first kappa shape index (κ1) is 24.9. The number of aliphatic carboxylic acids is 1. The molecule has 2 fully saturated rings. The third-order valence-electron chi connectivity index (χ3n) is 4.43. The number of halogens is 6. The maximum atomic E-state index is 12.4. The van der Waals surface area contributed by atoms with Crippen molar-refractivity contribution in [3.8, 4) is 0 Å². The number of alkyl halides is 6. The van der Waals surface area contributed by atoms with Gasteiger partial charge in [0.25, 0.3) is 0 Å². The summed E-state index contributed by atoms with van der Waals surface area (Å²) in [5, 5.41) is 7.12. The van der Waals surface area contributed by atoms with E-state index in [1.807, 2.05) is 0 Å². The molecule has 2 atom stereocenters. The van der Waals surface area contributed by atoms with E-state index >= 15 is 0 Å². The number of rotatable bonds is 6. The summed E-state index contributed by atoms with van der Waals surface area (Å²) >= 11 is 0. The van der Waals surface area contributed by atoms with Gasteiger partial charge in [0.15, 0.2) is 5.79 Å². The first-order chi connectivity index (χ1) is 12.8. The van der Waals surface area contributed by atoms with Crippen LogP contribution in [0.4, 0.5) is 26.3 Å². The molecule has 2 aliphatic rings. The van der Waals surface area contributed by atoms with E-state index in [0.717, 1.165) is 13.0 Å². The van der Waals surface area contributed by atoms with E-state index in [0.29, 0.717) is 19.5 Å². The van der Waals surface area contributed by atoms with Crippen molar-refractivity contribution in [3.63, 3.8) is 0 Å². The summed E-state index contributed by atoms with van der Waals surface area (Å²) in [5.41, 5.74) is 5.92. The Morgan fingerprint density at radius 1 is 1.25 bits per heavy atom. The molecule has 28 heavy (non-hydrogen) atoms. The fourth-order valence-corrected chi connectivity index (χ4v) is 2.76. The van der Waals surface area contributed by atoms with Crippen molar-refractivity contribution >= 4 is 5.97 Å². The molecule has 7 nitrogen and oxygen atoms in total. The number of hydrogen-bond acceptors (Lipinski definition) is 6. The van der Waals surface area contributed by atoms with E-state index < -0.39 is 24.3 Å². The van der Waals surface area contributed by atoms with Crippen molar-refractivity contribution in [2.45, 2.75) is 56.2 Å². The van der Waals surface area contributed by atoms with Gasteiger partial charge in [0.2, 0.25) is 0 Å². The molecule has 0 aromatic rings. The van der Waals surface area contributed by atoms with Crippen molar-refractivity contribution in [2.24, 2.45) is 5.73 Å². The third kappa shape index (κ3) is 8.47. The number of piperidine rings is 1. The second-order valence-electron chi connectivity index (χ2n) is 6.49. The minimum absolute atomic E-state index is 0.0127. The molecule has 166 valence electrons. The lowest BCUT2D eigenvalue weighted by Crippen LogP contribution is -2.53. The summed E-state index contributed by atoms with van der Waals surface area (Å²) in [7, 11) is 1.62. The van der Waals surface area contributed by atoms with Crippen molar-refractivity contribution < 1.29 is 50.5 Å². The number of likely N-dealkylation sites (tertiary alicyclic amines) is 1. The van der Waals surface area contributed by atoms with E-state index in [1.165, 1.54) is 0 Å². The van der Waals surface area contributed by atoms with Crippen LogP contribution in [0, 0.1) is 0 Å². The molecule has 0 aromatic carbocycles. The first-order valence-corrected chi connectivity index (χ1v) is 8.50. The summed E-state index contributed by atoms with van der Waals surface area (Å²) < 4.78 is 83.6. The fourth-order valence-electron chi connectivity index (χ4n) is 2.76. The summed E-state index contributed by atoms with van der Waals surface area (Å²) in [6.45, 7) is 2.24. The molecule has 1 aliphatic heterocycles. The minimum atomic E-state index is -5.08. The van der Waals surface area contributed by atoms with Crippen LogP contribution in [0.25, 0.3) is 0 Å². The molecule has 0 amide bonds. The van der Waals surface area contributed by atoms with Crippen LogP contribution >= 0.6 is 0 Å². The van der Waals surface area contributed by atoms with Crippen LogP contribution in [0.15, 0.2) is 0 Å². The van der Waals surface area contributed by atoms with Crippen LogP contribution in [-0.2, 0) is 19.0 Å². The largest absolute Gasteiger partial charge is 0.524 e. The van der Waals surface area contributed by atoms with Crippen LogP contribution in [0.1, 0.15) is 25.7 Å². The molecular formula is C15H24F6N2O5. The van der Waals surface area contributed by atoms with Gasteiger partial charge in [0.05, 0.1) is 12.7 Å². The number of carbonyl (C=O) groups is 1. The number of nitrogens with two attached hydrogens (primary N) is 1. The van der Waals surface area contributed by atoms with E-state index in [-0.39, 0.29) is 31.6 Å². The molecule has 2 rings (SSSR count). The van der Waals surface area contributed by atoms with Crippen molar-refractivity contribution in [1.29, 1.82) is 0 Å². The Labute approximate surface area is 157 Å². The Balaban J connectivity index is 0.000000480. The Morgan fingerprint density at radius 3 is 2.21 bits per heavy atom. The monoisotopic (exact) mass is 426 g/mol. The average molecular weight is 426 g/mol. The van der Waals surface area contributed by atoms with Gasteiger partial charge in [-0.1, -0.05) is 0 Å². The molecule has 0 aromatic heterocycles. The molecule has 1 saturated heterocycles. The van der Waals surface area contributed by atoms with Gasteiger partial charge in [-0.05, 0) is 19.4 Å². The quantitative estimate of drug-likeness (QED) is 0.496. The van der Waals surface area contributed by atoms with E-state index in [9.17, 15) is 26.3 Å². The summed E-state index contributed by atoms with van der Waals surface area (Å²) in [6, 6.07) is 0.0127. The highest BCUT2D eigenvalue weighted by atomic mass is 19.4. The highest BCUT2D eigenvalue weighted by Crippen LogP contribution is 2.41. The van der Waals surface area contributed by atoms with E-state index in [1.54, 1.807) is 7.11 Å². The number of hydrogen-bond donors (Lipinski definition) is 2. The topological polar surface area (TPSA) is 94.3 Å². The zero-order chi connectivity index (χ0) is 21.6. The standard InChI is InChI=1S/C13H23F3N2O3.C2HF3O2/c1-19-11-9-18(6-3-10(11)17)7-8-20-12(4-2-5-12)21-13(14,15)16;3-2(4,5)1(6)7/h10-11H,2-9,17H2,1H3;(H,6,7)/t10-,11-;/m1./s1. The summed E-state index contributed by atoms with van der Waals surface area (Å²) in [4.78, 5) is 11.0. The molecule has 0 spiro atoms. The average Bonchev–Trinajstić information content (AvgIpc) is 2.52. The summed E-state index contributed by atoms with van der Waals surface area (Å²) in [5.74, 6) is -4.22. The number of carboxylic acids is 1. The minimum Gasteiger partial charge on any atom is -0.475 e. The molecule has 3 N–H and O–H groups in total. The molecule has 1 saturated carbocycles. The highest BCUT2D eigenvalue weighted by molar-refractivity contribution is 5.73. The Kier molecular flexibility index (Phi) is 8.93. The van der Waals surface area contributed by atoms with Gasteiger partial charge in [-0.15, -0.1) is 13.2 Å². The van der Waals surface area contributed by atoms with Crippen molar-refractivity contribution in [1.82, 2.24) is 4.90 Å². The molecule has 1 heterocycles. The van der Waals surface area contributed by atoms with Gasteiger partial charge in [0, 0.05) is 39.1 Å². The maximum Gasteiger partial charge on any atom is 0.524 e. The van der Waals surface area contributed by atoms with Crippen LogP contribution < -0.4 is 5.73 Å².